The van der Waals surface area contributed by atoms with E-state index in [2.05, 4.69) is 0 Å². The molecule has 3 heterocycles. The second kappa shape index (κ2) is 8.38. The number of hydrogen-bond acceptors (Lipinski definition) is 5. The van der Waals surface area contributed by atoms with Crippen LogP contribution in [0.4, 0.5) is 0 Å². The van der Waals surface area contributed by atoms with Crippen molar-refractivity contribution in [1.82, 2.24) is 9.88 Å². The Morgan fingerprint density at radius 2 is 1.90 bits per heavy atom. The molecule has 6 nitrogen and oxygen atoms in total. The van der Waals surface area contributed by atoms with Crippen molar-refractivity contribution in [3.05, 3.63) is 65.2 Å². The monoisotopic (exact) mass is 416 g/mol. The van der Waals surface area contributed by atoms with Gasteiger partial charge in [-0.25, -0.2) is 9.78 Å². The zero-order valence-electron chi connectivity index (χ0n) is 17.3. The highest BCUT2D eigenvalue weighted by Gasteiger charge is 2.27. The second-order valence-corrected chi connectivity index (χ2v) is 8.03. The van der Waals surface area contributed by atoms with Crippen LogP contribution in [-0.2, 0) is 16.0 Å². The highest BCUT2D eigenvalue weighted by molar-refractivity contribution is 6.07. The quantitative estimate of drug-likeness (QED) is 0.586. The van der Waals surface area contributed by atoms with Gasteiger partial charge in [0, 0.05) is 18.5 Å². The van der Waals surface area contributed by atoms with Crippen molar-refractivity contribution >= 4 is 34.4 Å². The molecule has 1 aliphatic carbocycles. The number of furan rings is 1. The molecule has 158 valence electrons. The van der Waals surface area contributed by atoms with E-state index in [0.29, 0.717) is 5.56 Å². The molecule has 0 spiro atoms. The molecule has 31 heavy (non-hydrogen) atoms. The van der Waals surface area contributed by atoms with Gasteiger partial charge >= 0.3 is 5.97 Å². The van der Waals surface area contributed by atoms with Gasteiger partial charge in [-0.15, -0.1) is 0 Å². The van der Waals surface area contributed by atoms with E-state index in [1.807, 2.05) is 42.5 Å². The lowest BCUT2D eigenvalue weighted by molar-refractivity contribution is -0.133. The summed E-state index contributed by atoms with van der Waals surface area (Å²) in [6.07, 6.45) is 8.16. The molecule has 1 amide bonds. The molecule has 1 fully saturated rings. The van der Waals surface area contributed by atoms with Crippen LogP contribution in [-0.4, -0.2) is 41.5 Å². The summed E-state index contributed by atoms with van der Waals surface area (Å²) in [5.41, 5.74) is 4.02. The minimum Gasteiger partial charge on any atom is -0.465 e. The van der Waals surface area contributed by atoms with Crippen LogP contribution in [0.1, 0.15) is 53.1 Å². The van der Waals surface area contributed by atoms with E-state index in [1.54, 1.807) is 11.2 Å². The summed E-state index contributed by atoms with van der Waals surface area (Å²) in [4.78, 5) is 32.2. The number of fused-ring (bicyclic) bond motifs is 2. The number of aromatic nitrogens is 1. The van der Waals surface area contributed by atoms with E-state index in [1.165, 1.54) is 0 Å². The summed E-state index contributed by atoms with van der Waals surface area (Å²) in [6, 6.07) is 11.4. The number of carbonyl (C=O) groups is 2. The van der Waals surface area contributed by atoms with Gasteiger partial charge in [0.05, 0.1) is 23.0 Å². The molecule has 0 unspecified atom stereocenters. The summed E-state index contributed by atoms with van der Waals surface area (Å²) in [7, 11) is 0. The maximum atomic E-state index is 13.2. The molecule has 0 bridgehead atoms. The molecule has 1 saturated heterocycles. The van der Waals surface area contributed by atoms with Crippen LogP contribution in [0.15, 0.2) is 47.1 Å². The zero-order chi connectivity index (χ0) is 21.2. The number of ether oxygens (including phenoxy) is 1. The van der Waals surface area contributed by atoms with Crippen molar-refractivity contribution in [3.8, 4) is 0 Å². The molecule has 0 radical (unpaired) electrons. The van der Waals surface area contributed by atoms with Crippen LogP contribution in [0.5, 0.6) is 0 Å². The average Bonchev–Trinajstić information content (AvgIpc) is 3.50. The lowest BCUT2D eigenvalue weighted by Crippen LogP contribution is -2.32. The maximum Gasteiger partial charge on any atom is 0.339 e. The number of para-hydroxylation sites is 1. The van der Waals surface area contributed by atoms with E-state index < -0.39 is 5.97 Å². The molecule has 1 aliphatic heterocycles. The van der Waals surface area contributed by atoms with Gasteiger partial charge in [-0.2, -0.15) is 0 Å². The lowest BCUT2D eigenvalue weighted by atomic mass is 9.86. The van der Waals surface area contributed by atoms with Crippen LogP contribution < -0.4 is 0 Å². The molecule has 0 atom stereocenters. The van der Waals surface area contributed by atoms with Gasteiger partial charge < -0.3 is 14.1 Å². The number of amides is 1. The van der Waals surface area contributed by atoms with Gasteiger partial charge in [0.2, 0.25) is 0 Å². The topological polar surface area (TPSA) is 72.6 Å². The number of esters is 1. The van der Waals surface area contributed by atoms with Crippen LogP contribution >= 0.6 is 0 Å². The van der Waals surface area contributed by atoms with Crippen molar-refractivity contribution < 1.29 is 18.7 Å². The Morgan fingerprint density at radius 3 is 2.71 bits per heavy atom. The number of rotatable bonds is 4. The number of allylic oxidation sites excluding steroid dienone is 1. The Labute approximate surface area is 180 Å². The van der Waals surface area contributed by atoms with Gasteiger partial charge in [-0.3, -0.25) is 4.79 Å². The second-order valence-electron chi connectivity index (χ2n) is 8.03. The molecule has 2 aliphatic rings. The summed E-state index contributed by atoms with van der Waals surface area (Å²) < 4.78 is 11.0. The van der Waals surface area contributed by atoms with E-state index in [4.69, 9.17) is 14.1 Å². The number of nitrogens with zero attached hydrogens (tertiary/aromatic N) is 2. The third kappa shape index (κ3) is 3.85. The van der Waals surface area contributed by atoms with Gasteiger partial charge in [0.1, 0.15) is 5.76 Å². The van der Waals surface area contributed by atoms with Gasteiger partial charge in [0.15, 0.2) is 6.61 Å². The Bertz CT molecular complexity index is 1160. The first-order valence-corrected chi connectivity index (χ1v) is 10.8. The van der Waals surface area contributed by atoms with Crippen molar-refractivity contribution in [2.24, 2.45) is 0 Å². The molecule has 1 aromatic carbocycles. The smallest absolute Gasteiger partial charge is 0.339 e. The van der Waals surface area contributed by atoms with Crippen molar-refractivity contribution in [2.75, 3.05) is 19.7 Å². The third-order valence-corrected chi connectivity index (χ3v) is 6.02. The molecule has 5 rings (SSSR count). The average molecular weight is 416 g/mol. The van der Waals surface area contributed by atoms with Crippen LogP contribution in [0.25, 0.3) is 22.6 Å². The summed E-state index contributed by atoms with van der Waals surface area (Å²) in [6.45, 7) is 1.26. The number of benzene rings is 1. The minimum atomic E-state index is -0.457. The number of hydrogen-bond donors (Lipinski definition) is 0. The predicted octanol–water partition coefficient (Wildman–Crippen LogP) is 4.48. The molecule has 6 heteroatoms. The van der Waals surface area contributed by atoms with Crippen LogP contribution in [0.2, 0.25) is 0 Å². The van der Waals surface area contributed by atoms with E-state index in [0.717, 1.165) is 78.7 Å². The fourth-order valence-electron chi connectivity index (χ4n) is 4.51. The molecular weight excluding hydrogens is 392 g/mol. The highest BCUT2D eigenvalue weighted by Crippen LogP contribution is 2.36. The fourth-order valence-corrected chi connectivity index (χ4v) is 4.51. The van der Waals surface area contributed by atoms with Gasteiger partial charge in [0.25, 0.3) is 5.91 Å². The Morgan fingerprint density at radius 1 is 1.06 bits per heavy atom. The predicted molar refractivity (Wildman–Crippen MR) is 117 cm³/mol. The lowest BCUT2D eigenvalue weighted by Gasteiger charge is -2.22. The Kier molecular flexibility index (Phi) is 5.28. The van der Waals surface area contributed by atoms with E-state index in [9.17, 15) is 9.59 Å². The first kappa shape index (κ1) is 19.5. The van der Waals surface area contributed by atoms with Gasteiger partial charge in [-0.05, 0) is 67.5 Å². The summed E-state index contributed by atoms with van der Waals surface area (Å²) >= 11 is 0. The molecule has 2 aromatic heterocycles. The van der Waals surface area contributed by atoms with Crippen LogP contribution in [0, 0.1) is 0 Å². The molecular formula is C25H24N2O4. The molecule has 3 aromatic rings. The SMILES string of the molecule is O=C(OCC(=O)N1CCCC1)c1c2c(nc3ccccc13)C(=Cc1ccco1)CCC2. The van der Waals surface area contributed by atoms with E-state index in [-0.39, 0.29) is 12.5 Å². The van der Waals surface area contributed by atoms with Gasteiger partial charge in [-0.1, -0.05) is 18.2 Å². The van der Waals surface area contributed by atoms with Crippen molar-refractivity contribution in [3.63, 3.8) is 0 Å². The minimum absolute atomic E-state index is 0.128. The first-order chi connectivity index (χ1) is 15.2. The Balaban J connectivity index is 1.52. The summed E-state index contributed by atoms with van der Waals surface area (Å²) in [5.74, 6) is 0.177. The molecule has 0 saturated carbocycles. The molecule has 0 N–H and O–H groups in total. The number of carbonyl (C=O) groups excluding carboxylic acids is 2. The van der Waals surface area contributed by atoms with E-state index >= 15 is 0 Å². The first-order valence-electron chi connectivity index (χ1n) is 10.8. The Hall–Kier alpha value is -3.41. The third-order valence-electron chi connectivity index (χ3n) is 6.02. The normalized spacial score (nSPS) is 17.2. The highest BCUT2D eigenvalue weighted by atomic mass is 16.5. The van der Waals surface area contributed by atoms with Crippen LogP contribution in [0.3, 0.4) is 0 Å². The van der Waals surface area contributed by atoms with Crippen molar-refractivity contribution in [1.29, 1.82) is 0 Å². The van der Waals surface area contributed by atoms with Crippen molar-refractivity contribution in [2.45, 2.75) is 32.1 Å². The number of likely N-dealkylation sites (tertiary alicyclic amines) is 1. The zero-order valence-corrected chi connectivity index (χ0v) is 17.3. The largest absolute Gasteiger partial charge is 0.465 e. The number of pyridine rings is 1. The standard InChI is InChI=1S/C25H24N2O4/c28-22(27-12-3-4-13-27)16-31-25(29)23-19-9-1-2-11-21(19)26-24-17(7-5-10-20(23)24)15-18-8-6-14-30-18/h1-2,6,8-9,11,14-15H,3-5,7,10,12-13,16H2. The fraction of sp³-hybridized carbons (Fsp3) is 0.320. The summed E-state index contributed by atoms with van der Waals surface area (Å²) in [5, 5.41) is 0.763. The maximum absolute atomic E-state index is 13.2.